The molecule has 0 bridgehead atoms. The summed E-state index contributed by atoms with van der Waals surface area (Å²) in [5.74, 6) is 2.44. The van der Waals surface area contributed by atoms with Gasteiger partial charge in [-0.25, -0.2) is 0 Å². The zero-order chi connectivity index (χ0) is 38.8. The third-order valence-corrected chi connectivity index (χ3v) is 19.7. The van der Waals surface area contributed by atoms with E-state index in [0.29, 0.717) is 0 Å². The van der Waals surface area contributed by atoms with Crippen LogP contribution < -0.4 is 31.8 Å². The lowest BCUT2D eigenvalue weighted by molar-refractivity contribution is 0.142. The predicted octanol–water partition coefficient (Wildman–Crippen LogP) is 12.2. The van der Waals surface area contributed by atoms with Crippen LogP contribution in [0.2, 0.25) is 0 Å². The van der Waals surface area contributed by atoms with Crippen LogP contribution in [0.1, 0.15) is 66.2 Å². The van der Waals surface area contributed by atoms with Crippen molar-refractivity contribution in [2.75, 3.05) is 0 Å². The maximum Gasteiger partial charge on any atom is 0.143 e. The van der Waals surface area contributed by atoms with Crippen molar-refractivity contribution in [3.63, 3.8) is 0 Å². The van der Waals surface area contributed by atoms with Gasteiger partial charge in [0.15, 0.2) is 0 Å². The van der Waals surface area contributed by atoms with Gasteiger partial charge in [0.2, 0.25) is 0 Å². The second kappa shape index (κ2) is 20.1. The molecule has 0 aliphatic heterocycles. The fourth-order valence-corrected chi connectivity index (χ4v) is 18.1. The Morgan fingerprint density at radius 1 is 0.333 bits per heavy atom. The van der Waals surface area contributed by atoms with Crippen molar-refractivity contribution in [2.24, 2.45) is 0 Å². The molecule has 0 unspecified atom stereocenters. The Labute approximate surface area is 360 Å². The van der Waals surface area contributed by atoms with Gasteiger partial charge in [-0.2, -0.15) is 0 Å². The summed E-state index contributed by atoms with van der Waals surface area (Å²) in [5, 5.41) is 11.5. The predicted molar refractivity (Wildman–Crippen MR) is 260 cm³/mol. The summed E-state index contributed by atoms with van der Waals surface area (Å²) in [5.41, 5.74) is 0. The molecule has 2 nitrogen and oxygen atoms in total. The molecule has 0 aromatic heterocycles. The Balaban J connectivity index is 0.000000189. The lowest BCUT2D eigenvalue weighted by atomic mass is 10.3. The van der Waals surface area contributed by atoms with Crippen molar-refractivity contribution in [1.29, 1.82) is 0 Å². The molecule has 0 saturated heterocycles. The van der Waals surface area contributed by atoms with E-state index in [4.69, 9.17) is 9.47 Å². The van der Waals surface area contributed by atoms with Gasteiger partial charge in [-0.3, -0.25) is 0 Å². The summed E-state index contributed by atoms with van der Waals surface area (Å²) >= 11 is 0. The first-order valence-corrected chi connectivity index (χ1v) is 23.9. The quantitative estimate of drug-likeness (QED) is 0.0900. The molecule has 0 fully saturated rings. The highest BCUT2D eigenvalue weighted by Gasteiger charge is 2.53. The fraction of sp³-hybridized carbons (Fsp3) is 0.231. The van der Waals surface area contributed by atoms with Crippen molar-refractivity contribution in [3.05, 3.63) is 204 Å². The molecular formula is C52H57IO2P2+2. The highest BCUT2D eigenvalue weighted by Crippen LogP contribution is 2.68. The molecule has 0 atom stereocenters. The number of benzene rings is 6. The zero-order valence-corrected chi connectivity index (χ0v) is 38.0. The topological polar surface area (TPSA) is 18.5 Å². The Kier molecular flexibility index (Phi) is 15.0. The number of ether oxygens (including phenoxy) is 2. The van der Waals surface area contributed by atoms with Crippen LogP contribution in [0.4, 0.5) is 0 Å². The summed E-state index contributed by atoms with van der Waals surface area (Å²) in [6.07, 6.45) is 7.05. The number of allylic oxidation sites excluding steroid dienone is 4. The minimum absolute atomic E-state index is 0. The number of halogens is 1. The molecule has 2 aliphatic rings. The smallest absolute Gasteiger partial charge is 0.143 e. The number of rotatable bonds is 12. The van der Waals surface area contributed by atoms with Gasteiger partial charge in [-0.05, 0) is 113 Å². The van der Waals surface area contributed by atoms with Crippen LogP contribution in [0.25, 0.3) is 0 Å². The molecule has 0 radical (unpaired) electrons. The average Bonchev–Trinajstić information content (AvgIpc) is 3.91. The van der Waals surface area contributed by atoms with E-state index in [0.717, 1.165) is 25.7 Å². The summed E-state index contributed by atoms with van der Waals surface area (Å²) in [7, 11) is -3.92. The maximum absolute atomic E-state index is 6.40. The Hall–Kier alpha value is -4.01. The summed E-state index contributed by atoms with van der Waals surface area (Å²) in [6.45, 7) is 8.54. The first kappa shape index (κ1) is 42.6. The van der Waals surface area contributed by atoms with Gasteiger partial charge in [-0.15, -0.1) is 24.0 Å². The monoisotopic (exact) mass is 902 g/mol. The molecule has 5 heteroatoms. The minimum atomic E-state index is -1.96. The van der Waals surface area contributed by atoms with Crippen LogP contribution in [-0.4, -0.2) is 12.2 Å². The first-order chi connectivity index (χ1) is 27.5. The van der Waals surface area contributed by atoms with Gasteiger partial charge in [-0.1, -0.05) is 109 Å². The molecule has 6 aromatic carbocycles. The average molecular weight is 903 g/mol. The molecule has 8 rings (SSSR count). The normalized spacial score (nSPS) is 14.3. The SMILES string of the molecule is CC(C)OC1=C([P+](c2ccccc2)(c2ccccc2)c2ccccc2)CCC1.CC(C)OC1=C([P+](c2ccccc2)(c2ccccc2)c2ccccc2)CCC1.I. The third kappa shape index (κ3) is 9.02. The molecule has 0 saturated carbocycles. The standard InChI is InChI=1S/2C26H28OP.HI/c2*1-21(2)27-25-19-12-20-26(25)28(22-13-6-3-7-14-22,23-15-8-4-9-16-23)24-17-10-5-11-18-24;/h2*3-11,13-18,21H,12,19-20H2,1-2H3;1H/q2*+1;. The van der Waals surface area contributed by atoms with Gasteiger partial charge in [0.1, 0.15) is 68.5 Å². The van der Waals surface area contributed by atoms with E-state index in [1.807, 2.05) is 0 Å². The lowest BCUT2D eigenvalue weighted by Crippen LogP contribution is -2.32. The van der Waals surface area contributed by atoms with Crippen LogP contribution in [0, 0.1) is 0 Å². The summed E-state index contributed by atoms with van der Waals surface area (Å²) in [6, 6.07) is 66.5. The molecule has 2 aliphatic carbocycles. The largest absolute Gasteiger partial charge is 0.492 e. The molecule has 6 aromatic rings. The number of hydrogen-bond acceptors (Lipinski definition) is 2. The van der Waals surface area contributed by atoms with Crippen molar-refractivity contribution in [2.45, 2.75) is 78.4 Å². The van der Waals surface area contributed by atoms with Crippen molar-refractivity contribution in [3.8, 4) is 0 Å². The van der Waals surface area contributed by atoms with Crippen LogP contribution in [-0.2, 0) is 9.47 Å². The van der Waals surface area contributed by atoms with Crippen molar-refractivity contribution < 1.29 is 9.47 Å². The molecule has 0 spiro atoms. The maximum atomic E-state index is 6.40. The van der Waals surface area contributed by atoms with E-state index in [-0.39, 0.29) is 36.2 Å². The Bertz CT molecular complexity index is 1830. The van der Waals surface area contributed by atoms with E-state index < -0.39 is 14.5 Å². The summed E-state index contributed by atoms with van der Waals surface area (Å²) < 4.78 is 12.8. The molecule has 0 heterocycles. The van der Waals surface area contributed by atoms with Gasteiger partial charge in [0.05, 0.1) is 12.2 Å². The molecule has 0 N–H and O–H groups in total. The molecule has 57 heavy (non-hydrogen) atoms. The van der Waals surface area contributed by atoms with Gasteiger partial charge in [0.25, 0.3) is 0 Å². The summed E-state index contributed by atoms with van der Waals surface area (Å²) in [4.78, 5) is 0. The Morgan fingerprint density at radius 2 is 0.544 bits per heavy atom. The minimum Gasteiger partial charge on any atom is -0.492 e. The van der Waals surface area contributed by atoms with Crippen LogP contribution >= 0.6 is 38.5 Å². The molecular weight excluding hydrogens is 845 g/mol. The van der Waals surface area contributed by atoms with E-state index >= 15 is 0 Å². The van der Waals surface area contributed by atoms with Gasteiger partial charge < -0.3 is 9.47 Å². The lowest BCUT2D eigenvalue weighted by Gasteiger charge is -2.29. The van der Waals surface area contributed by atoms with E-state index in [1.54, 1.807) is 0 Å². The second-order valence-electron chi connectivity index (χ2n) is 15.1. The van der Waals surface area contributed by atoms with Crippen LogP contribution in [0.3, 0.4) is 0 Å². The van der Waals surface area contributed by atoms with E-state index in [2.05, 4.69) is 210 Å². The van der Waals surface area contributed by atoms with Crippen LogP contribution in [0.5, 0.6) is 0 Å². The van der Waals surface area contributed by atoms with Crippen molar-refractivity contribution >= 4 is 70.3 Å². The number of hydrogen-bond donors (Lipinski definition) is 0. The molecule has 292 valence electrons. The first-order valence-electron chi connectivity index (χ1n) is 20.4. The van der Waals surface area contributed by atoms with Gasteiger partial charge >= 0.3 is 0 Å². The van der Waals surface area contributed by atoms with Gasteiger partial charge in [0, 0.05) is 25.7 Å². The Morgan fingerprint density at radius 3 is 0.737 bits per heavy atom. The zero-order valence-electron chi connectivity index (χ0n) is 33.8. The second-order valence-corrected chi connectivity index (χ2v) is 22.0. The van der Waals surface area contributed by atoms with Crippen molar-refractivity contribution in [1.82, 2.24) is 0 Å². The third-order valence-electron chi connectivity index (χ3n) is 10.7. The molecule has 0 amide bonds. The van der Waals surface area contributed by atoms with Crippen LogP contribution in [0.15, 0.2) is 204 Å². The highest BCUT2D eigenvalue weighted by molar-refractivity contribution is 14.0. The fourth-order valence-electron chi connectivity index (χ4n) is 8.67. The van der Waals surface area contributed by atoms with E-state index in [1.165, 1.54) is 66.8 Å². The van der Waals surface area contributed by atoms with E-state index in [9.17, 15) is 0 Å². The highest BCUT2D eigenvalue weighted by atomic mass is 127.